The summed E-state index contributed by atoms with van der Waals surface area (Å²) in [5.41, 5.74) is 3.91. The summed E-state index contributed by atoms with van der Waals surface area (Å²) >= 11 is 0. The topological polar surface area (TPSA) is 84.9 Å². The van der Waals surface area contributed by atoms with Gasteiger partial charge in [0, 0.05) is 13.1 Å². The summed E-state index contributed by atoms with van der Waals surface area (Å²) in [5, 5.41) is 15.0. The average Bonchev–Trinajstić information content (AvgIpc) is 3.23. The van der Waals surface area contributed by atoms with Crippen LogP contribution >= 0.6 is 0 Å². The molecule has 0 radical (unpaired) electrons. The largest absolute Gasteiger partial charge is 0.497 e. The van der Waals surface area contributed by atoms with Crippen LogP contribution in [0, 0.1) is 18.3 Å². The molecular formula is C26H25N5O3. The molecule has 8 heteroatoms. The van der Waals surface area contributed by atoms with E-state index >= 15 is 0 Å². The molecule has 1 saturated heterocycles. The van der Waals surface area contributed by atoms with Gasteiger partial charge in [0.15, 0.2) is 0 Å². The number of fused-ring (bicyclic) bond motifs is 1. The van der Waals surface area contributed by atoms with Crippen molar-refractivity contribution in [3.63, 3.8) is 0 Å². The van der Waals surface area contributed by atoms with E-state index in [1.807, 2.05) is 61.5 Å². The van der Waals surface area contributed by atoms with E-state index in [-0.39, 0.29) is 11.8 Å². The number of morpholine rings is 1. The van der Waals surface area contributed by atoms with Crippen LogP contribution < -0.4 is 9.47 Å². The predicted octanol–water partition coefficient (Wildman–Crippen LogP) is 3.81. The van der Waals surface area contributed by atoms with Crippen LogP contribution in [0.2, 0.25) is 0 Å². The van der Waals surface area contributed by atoms with Crippen molar-refractivity contribution in [2.75, 3.05) is 33.4 Å². The number of methoxy groups -OCH3 is 1. The molecule has 3 aromatic rings. The molecule has 1 unspecified atom stereocenters. The van der Waals surface area contributed by atoms with Crippen LogP contribution in [0.25, 0.3) is 5.69 Å². The van der Waals surface area contributed by atoms with Crippen LogP contribution in [0.3, 0.4) is 0 Å². The summed E-state index contributed by atoms with van der Waals surface area (Å²) in [4.78, 5) is 6.69. The molecule has 2 aliphatic rings. The van der Waals surface area contributed by atoms with Gasteiger partial charge in [-0.1, -0.05) is 30.3 Å². The Kier molecular flexibility index (Phi) is 6.02. The number of hydrogen-bond donors (Lipinski definition) is 0. The van der Waals surface area contributed by atoms with E-state index < -0.39 is 0 Å². The SMILES string of the molecule is COc1ccc(C2C(C#N)=C(N=CN3CCOCC3)Oc3c2c(C)nn3-c2ccccc2)cc1. The van der Waals surface area contributed by atoms with E-state index in [2.05, 4.69) is 16.0 Å². The molecule has 2 aromatic carbocycles. The van der Waals surface area contributed by atoms with Gasteiger partial charge >= 0.3 is 0 Å². The predicted molar refractivity (Wildman–Crippen MR) is 127 cm³/mol. The van der Waals surface area contributed by atoms with Crippen LogP contribution in [0.4, 0.5) is 0 Å². The molecule has 0 saturated carbocycles. The minimum atomic E-state index is -0.367. The quantitative estimate of drug-likeness (QED) is 0.430. The maximum absolute atomic E-state index is 10.2. The molecule has 0 amide bonds. The number of aromatic nitrogens is 2. The number of aliphatic imine (C=N–C) groups is 1. The van der Waals surface area contributed by atoms with Crippen LogP contribution in [-0.2, 0) is 4.74 Å². The molecule has 5 rings (SSSR count). The monoisotopic (exact) mass is 455 g/mol. The lowest BCUT2D eigenvalue weighted by molar-refractivity contribution is 0.0699. The second kappa shape index (κ2) is 9.41. The Labute approximate surface area is 198 Å². The fourth-order valence-corrected chi connectivity index (χ4v) is 4.27. The van der Waals surface area contributed by atoms with Crippen LogP contribution in [0.1, 0.15) is 22.7 Å². The Morgan fingerprint density at radius 3 is 2.53 bits per heavy atom. The van der Waals surface area contributed by atoms with Gasteiger partial charge < -0.3 is 19.1 Å². The average molecular weight is 456 g/mol. The van der Waals surface area contributed by atoms with Gasteiger partial charge in [-0.15, -0.1) is 0 Å². The number of nitrogens with zero attached hydrogens (tertiary/aromatic N) is 5. The molecule has 1 aromatic heterocycles. The van der Waals surface area contributed by atoms with Crippen LogP contribution in [0.5, 0.6) is 11.6 Å². The number of nitriles is 1. The minimum absolute atomic E-state index is 0.277. The number of allylic oxidation sites excluding steroid dienone is 1. The summed E-state index contributed by atoms with van der Waals surface area (Å²) in [6, 6.07) is 19.9. The molecule has 0 aliphatic carbocycles. The molecule has 3 heterocycles. The maximum atomic E-state index is 10.2. The van der Waals surface area contributed by atoms with Gasteiger partial charge in [0.1, 0.15) is 17.4 Å². The third kappa shape index (κ3) is 4.02. The third-order valence-corrected chi connectivity index (χ3v) is 6.02. The number of para-hydroxylation sites is 1. The summed E-state index contributed by atoms with van der Waals surface area (Å²) in [6.45, 7) is 4.72. The van der Waals surface area contributed by atoms with Gasteiger partial charge in [0.05, 0.1) is 49.5 Å². The highest BCUT2D eigenvalue weighted by Gasteiger charge is 2.37. The van der Waals surface area contributed by atoms with E-state index in [9.17, 15) is 5.26 Å². The maximum Gasteiger partial charge on any atom is 0.237 e. The number of hydrogen-bond acceptors (Lipinski definition) is 6. The van der Waals surface area contributed by atoms with Gasteiger partial charge in [-0.25, -0.2) is 9.67 Å². The Morgan fingerprint density at radius 1 is 1.12 bits per heavy atom. The first kappa shape index (κ1) is 21.7. The Balaban J connectivity index is 1.65. The van der Waals surface area contributed by atoms with E-state index in [1.54, 1.807) is 18.1 Å². The lowest BCUT2D eigenvalue weighted by atomic mass is 9.84. The number of benzene rings is 2. The van der Waals surface area contributed by atoms with Crippen molar-refractivity contribution in [3.8, 4) is 23.4 Å². The zero-order valence-corrected chi connectivity index (χ0v) is 19.1. The molecule has 34 heavy (non-hydrogen) atoms. The standard InChI is InChI=1S/C26H25N5O3/c1-18-23-24(19-8-10-21(32-2)11-9-19)22(16-27)25(28-17-30-12-14-33-15-13-30)34-26(23)31(29-18)20-6-4-3-5-7-20/h3-11,17,24H,12-15H2,1-2H3. The summed E-state index contributed by atoms with van der Waals surface area (Å²) in [6.07, 6.45) is 1.74. The molecule has 1 fully saturated rings. The summed E-state index contributed by atoms with van der Waals surface area (Å²) in [5.74, 6) is 1.23. The highest BCUT2D eigenvalue weighted by Crippen LogP contribution is 2.46. The fraction of sp³-hybridized carbons (Fsp3) is 0.269. The van der Waals surface area contributed by atoms with Crippen molar-refractivity contribution in [2.45, 2.75) is 12.8 Å². The van der Waals surface area contributed by atoms with E-state index in [1.165, 1.54) is 0 Å². The molecular weight excluding hydrogens is 430 g/mol. The van der Waals surface area contributed by atoms with Crippen molar-refractivity contribution < 1.29 is 14.2 Å². The van der Waals surface area contributed by atoms with E-state index in [0.717, 1.165) is 41.3 Å². The minimum Gasteiger partial charge on any atom is -0.497 e. The Hall–Kier alpha value is -4.09. The van der Waals surface area contributed by atoms with Gasteiger partial charge in [-0.05, 0) is 36.8 Å². The lowest BCUT2D eigenvalue weighted by Gasteiger charge is -2.27. The zero-order chi connectivity index (χ0) is 23.5. The van der Waals surface area contributed by atoms with Crippen molar-refractivity contribution in [2.24, 2.45) is 4.99 Å². The third-order valence-electron chi connectivity index (χ3n) is 6.02. The molecule has 172 valence electrons. The zero-order valence-electron chi connectivity index (χ0n) is 19.1. The lowest BCUT2D eigenvalue weighted by Crippen LogP contribution is -2.35. The number of rotatable bonds is 5. The molecule has 0 spiro atoms. The first-order valence-corrected chi connectivity index (χ1v) is 11.2. The Bertz CT molecular complexity index is 1270. The highest BCUT2D eigenvalue weighted by molar-refractivity contribution is 5.61. The number of ether oxygens (including phenoxy) is 3. The fourth-order valence-electron chi connectivity index (χ4n) is 4.27. The second-order valence-electron chi connectivity index (χ2n) is 8.08. The van der Waals surface area contributed by atoms with Crippen LogP contribution in [0.15, 0.2) is 71.0 Å². The Morgan fingerprint density at radius 2 is 1.85 bits per heavy atom. The van der Waals surface area contributed by atoms with Crippen molar-refractivity contribution in [1.82, 2.24) is 14.7 Å². The van der Waals surface area contributed by atoms with Crippen molar-refractivity contribution in [1.29, 1.82) is 5.26 Å². The van der Waals surface area contributed by atoms with Gasteiger partial charge in [0.2, 0.25) is 11.8 Å². The molecule has 0 N–H and O–H groups in total. The van der Waals surface area contributed by atoms with Gasteiger partial charge in [-0.2, -0.15) is 10.4 Å². The molecule has 2 aliphatic heterocycles. The van der Waals surface area contributed by atoms with E-state index in [0.29, 0.717) is 24.7 Å². The van der Waals surface area contributed by atoms with Crippen molar-refractivity contribution in [3.05, 3.63) is 82.9 Å². The molecule has 8 nitrogen and oxygen atoms in total. The van der Waals surface area contributed by atoms with Gasteiger partial charge in [-0.3, -0.25) is 0 Å². The van der Waals surface area contributed by atoms with Crippen molar-refractivity contribution >= 4 is 6.34 Å². The summed E-state index contributed by atoms with van der Waals surface area (Å²) < 4.78 is 18.8. The first-order valence-electron chi connectivity index (χ1n) is 11.2. The molecule has 1 atom stereocenters. The molecule has 0 bridgehead atoms. The summed E-state index contributed by atoms with van der Waals surface area (Å²) in [7, 11) is 1.63. The second-order valence-corrected chi connectivity index (χ2v) is 8.08. The van der Waals surface area contributed by atoms with Gasteiger partial charge in [0.25, 0.3) is 0 Å². The smallest absolute Gasteiger partial charge is 0.237 e. The number of aryl methyl sites for hydroxylation is 1. The van der Waals surface area contributed by atoms with Crippen LogP contribution in [-0.4, -0.2) is 54.4 Å². The normalized spacial score (nSPS) is 17.9. The van der Waals surface area contributed by atoms with E-state index in [4.69, 9.17) is 19.3 Å². The first-order chi connectivity index (χ1) is 16.7. The highest BCUT2D eigenvalue weighted by atomic mass is 16.5.